The minimum absolute atomic E-state index is 0.0467. The Morgan fingerprint density at radius 3 is 2.53 bits per heavy atom. The van der Waals surface area contributed by atoms with E-state index in [2.05, 4.69) is 20.6 Å². The minimum Gasteiger partial charge on any atom is -0.383 e. The number of aliphatic hydroxyl groups is 1. The van der Waals surface area contributed by atoms with Gasteiger partial charge in [0.1, 0.15) is 5.60 Å². The molecule has 2 heterocycles. The number of rotatable bonds is 6. The van der Waals surface area contributed by atoms with Crippen molar-refractivity contribution in [3.63, 3.8) is 0 Å². The number of nitrogens with one attached hydrogen (secondary N) is 2. The van der Waals surface area contributed by atoms with Crippen LogP contribution in [0.1, 0.15) is 47.3 Å². The van der Waals surface area contributed by atoms with Gasteiger partial charge in [-0.05, 0) is 49.9 Å². The fourth-order valence-corrected chi connectivity index (χ4v) is 4.64. The molecule has 1 aliphatic heterocycles. The molecule has 4 rings (SSSR count). The second kappa shape index (κ2) is 9.38. The van der Waals surface area contributed by atoms with Crippen molar-refractivity contribution in [1.82, 2.24) is 25.3 Å². The number of aromatic nitrogens is 2. The van der Waals surface area contributed by atoms with Gasteiger partial charge in [-0.2, -0.15) is 18.3 Å². The fraction of sp³-hybridized carbons (Fsp3) is 0.522. The highest BCUT2D eigenvalue weighted by Crippen LogP contribution is 2.38. The van der Waals surface area contributed by atoms with Crippen LogP contribution in [0.25, 0.3) is 0 Å². The van der Waals surface area contributed by atoms with Crippen molar-refractivity contribution in [1.29, 1.82) is 0 Å². The van der Waals surface area contributed by atoms with Gasteiger partial charge in [0, 0.05) is 37.9 Å². The molecule has 184 valence electrons. The third kappa shape index (κ3) is 5.41. The number of alkyl halides is 3. The summed E-state index contributed by atoms with van der Waals surface area (Å²) in [5, 5.41) is 20.5. The Morgan fingerprint density at radius 1 is 1.21 bits per heavy atom. The van der Waals surface area contributed by atoms with Gasteiger partial charge >= 0.3 is 6.18 Å². The van der Waals surface area contributed by atoms with Crippen molar-refractivity contribution in [2.24, 2.45) is 7.05 Å². The molecular weight excluding hydrogens is 451 g/mol. The lowest BCUT2D eigenvalue weighted by Gasteiger charge is -2.48. The first-order valence-electron chi connectivity index (χ1n) is 11.2. The van der Waals surface area contributed by atoms with E-state index in [1.54, 1.807) is 4.68 Å². The summed E-state index contributed by atoms with van der Waals surface area (Å²) in [4.78, 5) is 26.6. The Balaban J connectivity index is 1.17. The molecule has 0 bridgehead atoms. The number of benzene rings is 1. The Hall–Kier alpha value is -2.92. The van der Waals surface area contributed by atoms with Crippen molar-refractivity contribution < 1.29 is 27.9 Å². The zero-order valence-electron chi connectivity index (χ0n) is 18.8. The number of hydrogen-bond donors (Lipinski definition) is 3. The van der Waals surface area contributed by atoms with Crippen LogP contribution < -0.4 is 10.6 Å². The topological polar surface area (TPSA) is 99.5 Å². The zero-order valence-corrected chi connectivity index (χ0v) is 18.8. The van der Waals surface area contributed by atoms with Gasteiger partial charge in [0.25, 0.3) is 5.91 Å². The summed E-state index contributed by atoms with van der Waals surface area (Å²) in [6.07, 6.45) is 0.207. The molecular formula is C23H28F3N5O3. The van der Waals surface area contributed by atoms with Crippen LogP contribution in [-0.4, -0.2) is 63.3 Å². The van der Waals surface area contributed by atoms with Gasteiger partial charge in [0.2, 0.25) is 5.91 Å². The van der Waals surface area contributed by atoms with Crippen LogP contribution in [0.4, 0.5) is 13.2 Å². The second-order valence-electron chi connectivity index (χ2n) is 9.12. The molecule has 2 aliphatic rings. The molecule has 0 atom stereocenters. The van der Waals surface area contributed by atoms with Gasteiger partial charge in [-0.25, -0.2) is 0 Å². The molecule has 0 unspecified atom stereocenters. The third-order valence-electron chi connectivity index (χ3n) is 6.63. The Labute approximate surface area is 195 Å². The average Bonchev–Trinajstić information content (AvgIpc) is 3.22. The maximum absolute atomic E-state index is 12.8. The molecule has 1 saturated heterocycles. The van der Waals surface area contributed by atoms with Crippen molar-refractivity contribution in [3.8, 4) is 0 Å². The van der Waals surface area contributed by atoms with Gasteiger partial charge in [-0.15, -0.1) is 0 Å². The molecule has 3 N–H and O–H groups in total. The summed E-state index contributed by atoms with van der Waals surface area (Å²) < 4.78 is 40.1. The zero-order chi connectivity index (χ0) is 24.5. The van der Waals surface area contributed by atoms with E-state index in [0.717, 1.165) is 31.0 Å². The lowest BCUT2D eigenvalue weighted by Crippen LogP contribution is -2.63. The summed E-state index contributed by atoms with van der Waals surface area (Å²) in [5.74, 6) is -1.13. The molecule has 1 saturated carbocycles. The van der Waals surface area contributed by atoms with E-state index in [1.807, 2.05) is 19.3 Å². The van der Waals surface area contributed by atoms with Crippen LogP contribution in [0.15, 0.2) is 36.5 Å². The van der Waals surface area contributed by atoms with Crippen molar-refractivity contribution in [2.45, 2.75) is 49.5 Å². The predicted molar refractivity (Wildman–Crippen MR) is 117 cm³/mol. The highest BCUT2D eigenvalue weighted by atomic mass is 19.4. The average molecular weight is 480 g/mol. The van der Waals surface area contributed by atoms with Crippen LogP contribution in [0.2, 0.25) is 0 Å². The molecule has 1 aromatic carbocycles. The van der Waals surface area contributed by atoms with E-state index < -0.39 is 29.2 Å². The molecule has 2 aromatic rings. The highest BCUT2D eigenvalue weighted by Gasteiger charge is 2.41. The Kier molecular flexibility index (Phi) is 6.68. The number of carbonyl (C=O) groups excluding carboxylic acids is 2. The molecule has 1 aliphatic carbocycles. The van der Waals surface area contributed by atoms with Gasteiger partial charge in [-0.3, -0.25) is 19.2 Å². The summed E-state index contributed by atoms with van der Waals surface area (Å²) in [6, 6.07) is 6.20. The second-order valence-corrected chi connectivity index (χ2v) is 9.12. The van der Waals surface area contributed by atoms with Gasteiger partial charge < -0.3 is 15.7 Å². The van der Waals surface area contributed by atoms with E-state index in [1.165, 1.54) is 6.07 Å². The molecule has 8 nitrogen and oxygen atoms in total. The van der Waals surface area contributed by atoms with Crippen molar-refractivity contribution >= 4 is 11.8 Å². The fourth-order valence-electron chi connectivity index (χ4n) is 4.64. The number of aryl methyl sites for hydroxylation is 1. The first-order valence-corrected chi connectivity index (χ1v) is 11.2. The molecule has 1 aromatic heterocycles. The number of nitrogens with zero attached hydrogens (tertiary/aromatic N) is 3. The maximum atomic E-state index is 12.8. The largest absolute Gasteiger partial charge is 0.416 e. The Morgan fingerprint density at radius 2 is 1.91 bits per heavy atom. The van der Waals surface area contributed by atoms with Crippen molar-refractivity contribution in [3.05, 3.63) is 53.3 Å². The smallest absolute Gasteiger partial charge is 0.383 e. The van der Waals surface area contributed by atoms with E-state index in [9.17, 15) is 27.9 Å². The van der Waals surface area contributed by atoms with E-state index in [0.29, 0.717) is 37.7 Å². The van der Waals surface area contributed by atoms with Crippen LogP contribution in [0, 0.1) is 0 Å². The number of likely N-dealkylation sites (tertiary alicyclic amines) is 1. The third-order valence-corrected chi connectivity index (χ3v) is 6.63. The first kappa shape index (κ1) is 24.2. The monoisotopic (exact) mass is 479 g/mol. The molecule has 11 heteroatoms. The van der Waals surface area contributed by atoms with Crippen LogP contribution >= 0.6 is 0 Å². The molecule has 0 spiro atoms. The van der Waals surface area contributed by atoms with E-state index in [4.69, 9.17) is 0 Å². The summed E-state index contributed by atoms with van der Waals surface area (Å²) in [5.41, 5.74) is -1.26. The first-order chi connectivity index (χ1) is 16.0. The molecule has 0 radical (unpaired) electrons. The van der Waals surface area contributed by atoms with E-state index in [-0.39, 0.29) is 18.2 Å². The van der Waals surface area contributed by atoms with Crippen molar-refractivity contribution in [2.75, 3.05) is 19.6 Å². The van der Waals surface area contributed by atoms with Crippen LogP contribution in [0.5, 0.6) is 0 Å². The molecule has 2 amide bonds. The summed E-state index contributed by atoms with van der Waals surface area (Å²) in [6.45, 7) is 1.05. The molecule has 34 heavy (non-hydrogen) atoms. The maximum Gasteiger partial charge on any atom is 0.416 e. The number of halogens is 3. The number of hydrogen-bond acceptors (Lipinski definition) is 5. The molecule has 2 fully saturated rings. The predicted octanol–water partition coefficient (Wildman–Crippen LogP) is 1.80. The quantitative estimate of drug-likeness (QED) is 0.587. The Bertz CT molecular complexity index is 1040. The number of carbonyl (C=O) groups is 2. The minimum atomic E-state index is -4.54. The van der Waals surface area contributed by atoms with Crippen LogP contribution in [0.3, 0.4) is 0 Å². The van der Waals surface area contributed by atoms with Gasteiger partial charge in [-0.1, -0.05) is 6.07 Å². The normalized spacial score (nSPS) is 23.9. The SMILES string of the molecule is Cn1ccc(C2(O)CCC(N3CC(NC(=O)CNC(=O)c4cccc(C(F)(F)F)c4)C3)CC2)n1. The summed E-state index contributed by atoms with van der Waals surface area (Å²) >= 11 is 0. The number of amides is 2. The van der Waals surface area contributed by atoms with Crippen LogP contribution in [-0.2, 0) is 23.6 Å². The summed E-state index contributed by atoms with van der Waals surface area (Å²) in [7, 11) is 1.82. The van der Waals surface area contributed by atoms with E-state index >= 15 is 0 Å². The highest BCUT2D eigenvalue weighted by molar-refractivity contribution is 5.96. The van der Waals surface area contributed by atoms with Gasteiger partial charge in [0.15, 0.2) is 0 Å². The lowest BCUT2D eigenvalue weighted by molar-refractivity contribution is -0.137. The lowest BCUT2D eigenvalue weighted by atomic mass is 9.79. The van der Waals surface area contributed by atoms with Gasteiger partial charge in [0.05, 0.1) is 23.8 Å². The standard InChI is InChI=1S/C23H28F3N5O3/c1-30-10-7-19(29-30)22(34)8-5-18(6-9-22)31-13-17(14-31)28-20(32)12-27-21(33)15-3-2-4-16(11-15)23(24,25)26/h2-4,7,10-11,17-18,34H,5-6,8-9,12-14H2,1H3,(H,27,33)(H,28,32).